The minimum Gasteiger partial charge on any atom is -0.457 e. The van der Waals surface area contributed by atoms with Gasteiger partial charge >= 0.3 is 5.97 Å². The van der Waals surface area contributed by atoms with Crippen molar-refractivity contribution in [3.8, 4) is 11.5 Å². The Morgan fingerprint density at radius 3 is 2.18 bits per heavy atom. The van der Waals surface area contributed by atoms with Gasteiger partial charge in [0.05, 0.1) is 18.8 Å². The average Bonchev–Trinajstić information content (AvgIpc) is 2.88. The first-order valence-electron chi connectivity index (χ1n) is 11.3. The Morgan fingerprint density at radius 1 is 0.824 bits per heavy atom. The molecule has 0 bridgehead atoms. The van der Waals surface area contributed by atoms with Gasteiger partial charge in [-0.05, 0) is 47.5 Å². The van der Waals surface area contributed by atoms with E-state index in [0.717, 1.165) is 38.4 Å². The molecule has 1 aliphatic rings. The lowest BCUT2D eigenvalue weighted by atomic mass is 10.1. The van der Waals surface area contributed by atoms with Gasteiger partial charge in [0.2, 0.25) is 0 Å². The first-order valence-corrected chi connectivity index (χ1v) is 11.3. The smallest absolute Gasteiger partial charge is 0.338 e. The summed E-state index contributed by atoms with van der Waals surface area (Å²) < 4.78 is 16.2. The van der Waals surface area contributed by atoms with Crippen molar-refractivity contribution in [1.82, 2.24) is 10.2 Å². The highest BCUT2D eigenvalue weighted by Gasteiger charge is 2.12. The number of carbonyl (C=O) groups excluding carboxylic acids is 2. The van der Waals surface area contributed by atoms with Crippen LogP contribution >= 0.6 is 0 Å². The predicted molar refractivity (Wildman–Crippen MR) is 128 cm³/mol. The quantitative estimate of drug-likeness (QED) is 0.490. The van der Waals surface area contributed by atoms with Gasteiger partial charge in [-0.25, -0.2) is 4.79 Å². The number of amides is 1. The Balaban J connectivity index is 1.17. The number of hydrogen-bond donors (Lipinski definition) is 1. The van der Waals surface area contributed by atoms with Crippen molar-refractivity contribution in [3.05, 3.63) is 95.6 Å². The van der Waals surface area contributed by atoms with Crippen LogP contribution in [0.2, 0.25) is 0 Å². The Labute approximate surface area is 199 Å². The molecular weight excluding hydrogens is 432 g/mol. The molecule has 1 N–H and O–H groups in total. The van der Waals surface area contributed by atoms with E-state index < -0.39 is 5.97 Å². The Kier molecular flexibility index (Phi) is 8.27. The number of benzene rings is 3. The second-order valence-electron chi connectivity index (χ2n) is 8.00. The fraction of sp³-hybridized carbons (Fsp3) is 0.259. The molecule has 3 aromatic carbocycles. The van der Waals surface area contributed by atoms with Crippen LogP contribution in [0.1, 0.15) is 21.5 Å². The van der Waals surface area contributed by atoms with Gasteiger partial charge in [-0.2, -0.15) is 0 Å². The summed E-state index contributed by atoms with van der Waals surface area (Å²) >= 11 is 0. The number of esters is 1. The third-order valence-electron chi connectivity index (χ3n) is 5.43. The molecule has 0 aromatic heterocycles. The fourth-order valence-electron chi connectivity index (χ4n) is 3.53. The van der Waals surface area contributed by atoms with Crippen LogP contribution < -0.4 is 10.1 Å². The third-order valence-corrected chi connectivity index (χ3v) is 5.43. The minimum absolute atomic E-state index is 0.337. The number of morpholine rings is 1. The van der Waals surface area contributed by atoms with Gasteiger partial charge in [-0.3, -0.25) is 9.69 Å². The van der Waals surface area contributed by atoms with Gasteiger partial charge < -0.3 is 19.5 Å². The molecule has 1 heterocycles. The Hall–Kier alpha value is -3.68. The highest BCUT2D eigenvalue weighted by atomic mass is 16.5. The van der Waals surface area contributed by atoms with Crippen molar-refractivity contribution in [2.75, 3.05) is 32.9 Å². The molecule has 1 aliphatic heterocycles. The van der Waals surface area contributed by atoms with Crippen molar-refractivity contribution in [1.29, 1.82) is 0 Å². The van der Waals surface area contributed by atoms with Crippen LogP contribution in [0.15, 0.2) is 78.9 Å². The molecule has 34 heavy (non-hydrogen) atoms. The van der Waals surface area contributed by atoms with E-state index in [1.807, 2.05) is 42.5 Å². The van der Waals surface area contributed by atoms with E-state index in [1.165, 1.54) is 5.56 Å². The highest BCUT2D eigenvalue weighted by molar-refractivity contribution is 5.91. The molecule has 0 saturated carbocycles. The van der Waals surface area contributed by atoms with Crippen molar-refractivity contribution in [2.24, 2.45) is 0 Å². The molecule has 176 valence electrons. The van der Waals surface area contributed by atoms with Crippen molar-refractivity contribution >= 4 is 11.9 Å². The van der Waals surface area contributed by atoms with Gasteiger partial charge in [0.15, 0.2) is 6.61 Å². The normalized spacial score (nSPS) is 13.8. The lowest BCUT2D eigenvalue weighted by molar-refractivity contribution is -0.124. The largest absolute Gasteiger partial charge is 0.457 e. The molecular formula is C27H28N2O5. The van der Waals surface area contributed by atoms with Crippen LogP contribution in [-0.2, 0) is 27.4 Å². The van der Waals surface area contributed by atoms with Crippen molar-refractivity contribution in [2.45, 2.75) is 13.1 Å². The summed E-state index contributed by atoms with van der Waals surface area (Å²) in [5.74, 6) is 0.404. The predicted octanol–water partition coefficient (Wildman–Crippen LogP) is 3.78. The third kappa shape index (κ3) is 7.16. The average molecular weight is 461 g/mol. The van der Waals surface area contributed by atoms with Crippen molar-refractivity contribution in [3.63, 3.8) is 0 Å². The zero-order chi connectivity index (χ0) is 23.6. The number of hydrogen-bond acceptors (Lipinski definition) is 6. The number of ether oxygens (including phenoxy) is 3. The summed E-state index contributed by atoms with van der Waals surface area (Å²) in [6, 6.07) is 24.1. The first-order chi connectivity index (χ1) is 16.7. The minimum atomic E-state index is -0.561. The van der Waals surface area contributed by atoms with Crippen molar-refractivity contribution < 1.29 is 23.8 Å². The lowest BCUT2D eigenvalue weighted by Crippen LogP contribution is -2.35. The number of nitrogens with one attached hydrogen (secondary N) is 1. The summed E-state index contributed by atoms with van der Waals surface area (Å²) in [6.07, 6.45) is 0. The van der Waals surface area contributed by atoms with E-state index in [9.17, 15) is 9.59 Å². The molecule has 1 saturated heterocycles. The maximum atomic E-state index is 12.2. The molecule has 0 radical (unpaired) electrons. The summed E-state index contributed by atoms with van der Waals surface area (Å²) in [6.45, 7) is 4.39. The van der Waals surface area contributed by atoms with Crippen LogP contribution in [0.3, 0.4) is 0 Å². The van der Waals surface area contributed by atoms with E-state index in [-0.39, 0.29) is 12.5 Å². The SMILES string of the molecule is O=C(COC(=O)c1ccc(Oc2ccccc2)cc1)NCc1ccc(CN2CCOCC2)cc1. The topological polar surface area (TPSA) is 77.1 Å². The fourth-order valence-corrected chi connectivity index (χ4v) is 3.53. The number of para-hydroxylation sites is 1. The molecule has 0 atom stereocenters. The Bertz CT molecular complexity index is 1060. The molecule has 0 spiro atoms. The lowest BCUT2D eigenvalue weighted by Gasteiger charge is -2.26. The van der Waals surface area contributed by atoms with Gasteiger partial charge in [0, 0.05) is 26.2 Å². The van der Waals surface area contributed by atoms with Crippen LogP contribution in [0.25, 0.3) is 0 Å². The number of rotatable bonds is 9. The zero-order valence-corrected chi connectivity index (χ0v) is 18.9. The second kappa shape index (κ2) is 12.0. The second-order valence-corrected chi connectivity index (χ2v) is 8.00. The summed E-state index contributed by atoms with van der Waals surface area (Å²) in [4.78, 5) is 26.7. The summed E-state index contributed by atoms with van der Waals surface area (Å²) in [5, 5.41) is 2.78. The monoisotopic (exact) mass is 460 g/mol. The molecule has 3 aromatic rings. The van der Waals surface area contributed by atoms with Crippen LogP contribution in [0.4, 0.5) is 0 Å². The van der Waals surface area contributed by atoms with E-state index in [2.05, 4.69) is 22.3 Å². The first kappa shape index (κ1) is 23.5. The van der Waals surface area contributed by atoms with Gasteiger partial charge in [-0.15, -0.1) is 0 Å². The molecule has 1 fully saturated rings. The Morgan fingerprint density at radius 2 is 1.47 bits per heavy atom. The highest BCUT2D eigenvalue weighted by Crippen LogP contribution is 2.21. The van der Waals surface area contributed by atoms with E-state index in [4.69, 9.17) is 14.2 Å². The molecule has 1 amide bonds. The number of carbonyl (C=O) groups is 2. The number of nitrogens with zero attached hydrogens (tertiary/aromatic N) is 1. The molecule has 0 aliphatic carbocycles. The summed E-state index contributed by atoms with van der Waals surface area (Å²) in [7, 11) is 0. The van der Waals surface area contributed by atoms with E-state index in [0.29, 0.717) is 23.6 Å². The molecule has 7 heteroatoms. The van der Waals surface area contributed by atoms with Gasteiger partial charge in [-0.1, -0.05) is 42.5 Å². The van der Waals surface area contributed by atoms with Gasteiger partial charge in [0.25, 0.3) is 5.91 Å². The van der Waals surface area contributed by atoms with E-state index >= 15 is 0 Å². The molecule has 7 nitrogen and oxygen atoms in total. The van der Waals surface area contributed by atoms with Gasteiger partial charge in [0.1, 0.15) is 11.5 Å². The van der Waals surface area contributed by atoms with Crippen LogP contribution in [0.5, 0.6) is 11.5 Å². The van der Waals surface area contributed by atoms with Crippen LogP contribution in [0, 0.1) is 0 Å². The summed E-state index contributed by atoms with van der Waals surface area (Å²) in [5.41, 5.74) is 2.56. The van der Waals surface area contributed by atoms with E-state index in [1.54, 1.807) is 24.3 Å². The standard InChI is InChI=1S/C27H28N2O5/c30-26(28-18-21-6-8-22(9-7-21)19-29-14-16-32-17-15-29)20-33-27(31)23-10-12-25(13-11-23)34-24-4-2-1-3-5-24/h1-13H,14-20H2,(H,28,30). The maximum Gasteiger partial charge on any atom is 0.338 e. The van der Waals surface area contributed by atoms with Crippen LogP contribution in [-0.4, -0.2) is 49.7 Å². The maximum absolute atomic E-state index is 12.2. The molecule has 4 rings (SSSR count). The zero-order valence-electron chi connectivity index (χ0n) is 18.9. The molecule has 0 unspecified atom stereocenters.